The van der Waals surface area contributed by atoms with Crippen molar-refractivity contribution >= 4 is 17.9 Å². The number of ether oxygens (including phenoxy) is 4. The second-order valence-corrected chi connectivity index (χ2v) is 7.05. The van der Waals surface area contributed by atoms with Crippen LogP contribution in [0, 0.1) is 5.92 Å². The van der Waals surface area contributed by atoms with Gasteiger partial charge in [-0.05, 0) is 32.6 Å². The molecule has 0 radical (unpaired) electrons. The highest BCUT2D eigenvalue weighted by molar-refractivity contribution is 5.82. The summed E-state index contributed by atoms with van der Waals surface area (Å²) in [6.45, 7) is 5.17. The Labute approximate surface area is 146 Å². The van der Waals surface area contributed by atoms with E-state index in [-0.39, 0.29) is 30.5 Å². The summed E-state index contributed by atoms with van der Waals surface area (Å²) in [6, 6.07) is 0. The van der Waals surface area contributed by atoms with E-state index in [1.54, 1.807) is 6.92 Å². The van der Waals surface area contributed by atoms with Crippen LogP contribution in [-0.2, 0) is 33.3 Å². The molecule has 4 unspecified atom stereocenters. The molecule has 4 atom stereocenters. The van der Waals surface area contributed by atoms with E-state index in [9.17, 15) is 14.4 Å². The summed E-state index contributed by atoms with van der Waals surface area (Å²) in [5.41, 5.74) is -0.832. The number of hydrogen-bond acceptors (Lipinski definition) is 7. The highest BCUT2D eigenvalue weighted by Crippen LogP contribution is 2.38. The van der Waals surface area contributed by atoms with Crippen LogP contribution in [0.25, 0.3) is 0 Å². The van der Waals surface area contributed by atoms with Crippen LogP contribution in [0.2, 0.25) is 0 Å². The number of rotatable bonds is 5. The summed E-state index contributed by atoms with van der Waals surface area (Å²) in [5.74, 6) is -1.70. The molecule has 25 heavy (non-hydrogen) atoms. The highest BCUT2D eigenvalue weighted by Gasteiger charge is 2.51. The minimum absolute atomic E-state index is 0.0121. The summed E-state index contributed by atoms with van der Waals surface area (Å²) in [5, 5.41) is 0. The molecule has 3 aliphatic rings. The molecule has 0 bridgehead atoms. The van der Waals surface area contributed by atoms with Gasteiger partial charge in [-0.25, -0.2) is 4.79 Å². The SMILES string of the molecule is C=CC(=O)OC1(CC(=O)OC2CC3C(=O)OC(C)C3O2)CCCCC1. The van der Waals surface area contributed by atoms with Crippen molar-refractivity contribution in [2.45, 2.75) is 76.0 Å². The molecule has 0 aromatic rings. The van der Waals surface area contributed by atoms with E-state index in [1.807, 2.05) is 0 Å². The quantitative estimate of drug-likeness (QED) is 0.425. The van der Waals surface area contributed by atoms with E-state index >= 15 is 0 Å². The molecular formula is C18H24O7. The number of carbonyl (C=O) groups is 3. The molecule has 0 spiro atoms. The number of hydrogen-bond donors (Lipinski definition) is 0. The first kappa shape index (κ1) is 17.9. The maximum absolute atomic E-state index is 12.4. The van der Waals surface area contributed by atoms with Crippen molar-refractivity contribution < 1.29 is 33.3 Å². The second-order valence-electron chi connectivity index (χ2n) is 7.05. The van der Waals surface area contributed by atoms with Crippen molar-refractivity contribution in [3.63, 3.8) is 0 Å². The molecule has 138 valence electrons. The molecule has 1 saturated carbocycles. The number of carbonyl (C=O) groups excluding carboxylic acids is 3. The summed E-state index contributed by atoms with van der Waals surface area (Å²) in [4.78, 5) is 35.7. The zero-order chi connectivity index (χ0) is 18.0. The molecule has 1 aliphatic carbocycles. The van der Waals surface area contributed by atoms with Crippen LogP contribution in [0.1, 0.15) is 51.9 Å². The average molecular weight is 352 g/mol. The van der Waals surface area contributed by atoms with Gasteiger partial charge in [0.25, 0.3) is 0 Å². The summed E-state index contributed by atoms with van der Waals surface area (Å²) in [6.07, 6.45) is 4.04. The van der Waals surface area contributed by atoms with Crippen LogP contribution in [0.5, 0.6) is 0 Å². The smallest absolute Gasteiger partial charge is 0.330 e. The van der Waals surface area contributed by atoms with Gasteiger partial charge in [0.15, 0.2) is 0 Å². The first-order valence-corrected chi connectivity index (χ1v) is 8.83. The monoisotopic (exact) mass is 352 g/mol. The minimum atomic E-state index is -0.832. The van der Waals surface area contributed by atoms with Gasteiger partial charge in [-0.2, -0.15) is 0 Å². The number of esters is 3. The molecule has 3 rings (SSSR count). The zero-order valence-electron chi connectivity index (χ0n) is 14.4. The van der Waals surface area contributed by atoms with Gasteiger partial charge in [-0.3, -0.25) is 9.59 Å². The Kier molecular flexibility index (Phi) is 5.13. The lowest BCUT2D eigenvalue weighted by atomic mass is 9.82. The Morgan fingerprint density at radius 3 is 2.68 bits per heavy atom. The average Bonchev–Trinajstić information content (AvgIpc) is 3.09. The molecule has 0 N–H and O–H groups in total. The fourth-order valence-electron chi connectivity index (χ4n) is 3.97. The molecule has 2 saturated heterocycles. The lowest BCUT2D eigenvalue weighted by molar-refractivity contribution is -0.189. The van der Waals surface area contributed by atoms with Crippen LogP contribution in [0.3, 0.4) is 0 Å². The van der Waals surface area contributed by atoms with Gasteiger partial charge in [0, 0.05) is 12.5 Å². The van der Waals surface area contributed by atoms with Crippen molar-refractivity contribution in [1.82, 2.24) is 0 Å². The third-order valence-corrected chi connectivity index (χ3v) is 5.20. The van der Waals surface area contributed by atoms with E-state index in [4.69, 9.17) is 18.9 Å². The zero-order valence-corrected chi connectivity index (χ0v) is 14.4. The predicted octanol–water partition coefficient (Wildman–Crippen LogP) is 2.03. The van der Waals surface area contributed by atoms with Crippen LogP contribution in [0.15, 0.2) is 12.7 Å². The van der Waals surface area contributed by atoms with Crippen molar-refractivity contribution in [2.75, 3.05) is 0 Å². The minimum Gasteiger partial charge on any atom is -0.460 e. The molecule has 7 heteroatoms. The van der Waals surface area contributed by atoms with E-state index in [0.29, 0.717) is 19.3 Å². The normalized spacial score (nSPS) is 33.2. The molecule has 0 aromatic carbocycles. The van der Waals surface area contributed by atoms with Crippen LogP contribution in [0.4, 0.5) is 0 Å². The highest BCUT2D eigenvalue weighted by atomic mass is 16.7. The van der Waals surface area contributed by atoms with Gasteiger partial charge in [0.05, 0.1) is 12.3 Å². The summed E-state index contributed by atoms with van der Waals surface area (Å²) < 4.78 is 21.7. The van der Waals surface area contributed by atoms with Crippen LogP contribution < -0.4 is 0 Å². The Balaban J connectivity index is 1.58. The Hall–Kier alpha value is -1.89. The van der Waals surface area contributed by atoms with Crippen LogP contribution >= 0.6 is 0 Å². The maximum Gasteiger partial charge on any atom is 0.330 e. The van der Waals surface area contributed by atoms with Gasteiger partial charge < -0.3 is 18.9 Å². The molecule has 7 nitrogen and oxygen atoms in total. The van der Waals surface area contributed by atoms with Crippen molar-refractivity contribution in [3.8, 4) is 0 Å². The molecule has 0 aromatic heterocycles. The molecule has 2 aliphatic heterocycles. The van der Waals surface area contributed by atoms with Gasteiger partial charge in [0.2, 0.25) is 6.29 Å². The first-order chi connectivity index (χ1) is 11.9. The lowest BCUT2D eigenvalue weighted by Gasteiger charge is -2.35. The van der Waals surface area contributed by atoms with Gasteiger partial charge in [-0.1, -0.05) is 13.0 Å². The summed E-state index contributed by atoms with van der Waals surface area (Å²) >= 11 is 0. The van der Waals surface area contributed by atoms with Crippen molar-refractivity contribution in [1.29, 1.82) is 0 Å². The number of cyclic esters (lactones) is 1. The van der Waals surface area contributed by atoms with E-state index in [0.717, 1.165) is 25.3 Å². The second kappa shape index (κ2) is 7.15. The van der Waals surface area contributed by atoms with E-state index in [2.05, 4.69) is 6.58 Å². The van der Waals surface area contributed by atoms with Crippen molar-refractivity contribution in [3.05, 3.63) is 12.7 Å². The largest absolute Gasteiger partial charge is 0.460 e. The molecule has 3 fully saturated rings. The maximum atomic E-state index is 12.4. The third-order valence-electron chi connectivity index (χ3n) is 5.20. The molecule has 0 amide bonds. The fourth-order valence-corrected chi connectivity index (χ4v) is 3.97. The predicted molar refractivity (Wildman–Crippen MR) is 85.1 cm³/mol. The number of fused-ring (bicyclic) bond motifs is 1. The Morgan fingerprint density at radius 2 is 2.04 bits per heavy atom. The summed E-state index contributed by atoms with van der Waals surface area (Å²) in [7, 11) is 0. The van der Waals surface area contributed by atoms with Gasteiger partial charge in [0.1, 0.15) is 17.8 Å². The van der Waals surface area contributed by atoms with Gasteiger partial charge >= 0.3 is 17.9 Å². The first-order valence-electron chi connectivity index (χ1n) is 8.83. The lowest BCUT2D eigenvalue weighted by Crippen LogP contribution is -2.40. The van der Waals surface area contributed by atoms with Crippen molar-refractivity contribution in [2.24, 2.45) is 5.92 Å². The molecular weight excluding hydrogens is 328 g/mol. The van der Waals surface area contributed by atoms with Gasteiger partial charge in [-0.15, -0.1) is 0 Å². The standard InChI is InChI=1S/C18H24O7/c1-3-13(19)25-18(7-5-4-6-8-18)10-14(20)23-15-9-12-16(24-15)11(2)22-17(12)21/h3,11-12,15-16H,1,4-10H2,2H3. The van der Waals surface area contributed by atoms with E-state index < -0.39 is 23.8 Å². The van der Waals surface area contributed by atoms with E-state index in [1.165, 1.54) is 0 Å². The fraction of sp³-hybridized carbons (Fsp3) is 0.722. The Morgan fingerprint density at radius 1 is 1.32 bits per heavy atom. The topological polar surface area (TPSA) is 88.1 Å². The van der Waals surface area contributed by atoms with Crippen LogP contribution in [-0.4, -0.2) is 42.0 Å². The third kappa shape index (κ3) is 3.86. The molecule has 2 heterocycles. The Bertz CT molecular complexity index is 564.